The molecular weight excluding hydrogens is 443 g/mol. The number of hydrogen-bond donors (Lipinski definition) is 1. The third-order valence-electron chi connectivity index (χ3n) is 5.25. The molecule has 0 aliphatic rings. The first-order valence-corrected chi connectivity index (χ1v) is 11.1. The van der Waals surface area contributed by atoms with Crippen molar-refractivity contribution in [2.45, 2.75) is 5.16 Å². The summed E-state index contributed by atoms with van der Waals surface area (Å²) in [5, 5.41) is 13.4. The van der Waals surface area contributed by atoms with E-state index in [4.69, 9.17) is 9.15 Å². The van der Waals surface area contributed by atoms with Crippen LogP contribution in [0.2, 0.25) is 0 Å². The molecule has 2 aromatic heterocycles. The maximum absolute atomic E-state index is 14.1. The van der Waals surface area contributed by atoms with E-state index in [0.717, 1.165) is 16.4 Å². The van der Waals surface area contributed by atoms with Gasteiger partial charge in [0.1, 0.15) is 22.7 Å². The van der Waals surface area contributed by atoms with Gasteiger partial charge in [-0.2, -0.15) is 0 Å². The molecule has 7 nitrogen and oxygen atoms in total. The molecule has 0 atom stereocenters. The highest BCUT2D eigenvalue weighted by Crippen LogP contribution is 2.36. The van der Waals surface area contributed by atoms with Crippen molar-refractivity contribution in [3.8, 4) is 17.1 Å². The van der Waals surface area contributed by atoms with E-state index in [2.05, 4.69) is 15.5 Å². The molecule has 0 bridgehead atoms. The zero-order chi connectivity index (χ0) is 22.9. The molecule has 0 spiro atoms. The predicted octanol–water partition coefficient (Wildman–Crippen LogP) is 5.26. The SMILES string of the molecule is COc1cc2c(cc1NC(=O)CSc1nnc(-c3ccccc3F)n1C)oc1ccccc12. The fourth-order valence-electron chi connectivity index (χ4n) is 3.65. The van der Waals surface area contributed by atoms with Crippen LogP contribution in [0.5, 0.6) is 5.75 Å². The van der Waals surface area contributed by atoms with Crippen LogP contribution in [-0.2, 0) is 11.8 Å². The summed E-state index contributed by atoms with van der Waals surface area (Å²) in [5.74, 6) is 0.394. The molecule has 0 aliphatic heterocycles. The summed E-state index contributed by atoms with van der Waals surface area (Å²) in [6.07, 6.45) is 0. The zero-order valence-corrected chi connectivity index (χ0v) is 18.6. The van der Waals surface area contributed by atoms with E-state index in [9.17, 15) is 9.18 Å². The third-order valence-corrected chi connectivity index (χ3v) is 6.28. The number of nitrogens with one attached hydrogen (secondary N) is 1. The Morgan fingerprint density at radius 1 is 1.09 bits per heavy atom. The minimum absolute atomic E-state index is 0.0879. The minimum Gasteiger partial charge on any atom is -0.495 e. The molecule has 3 aromatic carbocycles. The van der Waals surface area contributed by atoms with E-state index in [1.165, 1.54) is 17.8 Å². The molecule has 0 saturated carbocycles. The van der Waals surface area contributed by atoms with Crippen LogP contribution in [0.3, 0.4) is 0 Å². The van der Waals surface area contributed by atoms with Crippen LogP contribution in [0.25, 0.3) is 33.3 Å². The van der Waals surface area contributed by atoms with Crippen LogP contribution < -0.4 is 10.1 Å². The molecule has 0 radical (unpaired) electrons. The molecule has 0 aliphatic carbocycles. The number of nitrogens with zero attached hydrogens (tertiary/aromatic N) is 3. The number of furan rings is 1. The Morgan fingerprint density at radius 2 is 1.88 bits per heavy atom. The number of hydrogen-bond acceptors (Lipinski definition) is 6. The lowest BCUT2D eigenvalue weighted by Gasteiger charge is -2.10. The molecule has 5 aromatic rings. The lowest BCUT2D eigenvalue weighted by atomic mass is 10.1. The maximum atomic E-state index is 14.1. The zero-order valence-electron chi connectivity index (χ0n) is 17.8. The smallest absolute Gasteiger partial charge is 0.234 e. The van der Waals surface area contributed by atoms with Crippen LogP contribution in [0.1, 0.15) is 0 Å². The Labute approximate surface area is 192 Å². The monoisotopic (exact) mass is 462 g/mol. The van der Waals surface area contributed by atoms with Gasteiger partial charge in [-0.15, -0.1) is 10.2 Å². The second-order valence-corrected chi connectivity index (χ2v) is 8.27. The summed E-state index contributed by atoms with van der Waals surface area (Å²) < 4.78 is 27.2. The van der Waals surface area contributed by atoms with Gasteiger partial charge in [0.05, 0.1) is 24.1 Å². The lowest BCUT2D eigenvalue weighted by molar-refractivity contribution is -0.113. The summed E-state index contributed by atoms with van der Waals surface area (Å²) in [7, 11) is 3.29. The number of thioether (sulfide) groups is 1. The van der Waals surface area contributed by atoms with Crippen molar-refractivity contribution in [3.63, 3.8) is 0 Å². The molecular formula is C24H19FN4O3S. The molecule has 0 saturated heterocycles. The van der Waals surface area contributed by atoms with Crippen molar-refractivity contribution < 1.29 is 18.3 Å². The summed E-state index contributed by atoms with van der Waals surface area (Å²) in [5.41, 5.74) is 2.29. The number of carbonyl (C=O) groups excluding carboxylic acids is 1. The maximum Gasteiger partial charge on any atom is 0.234 e. The molecule has 33 heavy (non-hydrogen) atoms. The van der Waals surface area contributed by atoms with Crippen LogP contribution in [0.4, 0.5) is 10.1 Å². The number of benzene rings is 3. The molecule has 1 amide bonds. The average molecular weight is 463 g/mol. The summed E-state index contributed by atoms with van der Waals surface area (Å²) in [6.45, 7) is 0. The van der Waals surface area contributed by atoms with Gasteiger partial charge in [-0.25, -0.2) is 4.39 Å². The van der Waals surface area contributed by atoms with Crippen molar-refractivity contribution in [3.05, 3.63) is 66.5 Å². The number of rotatable bonds is 6. The standard InChI is InChI=1S/C24H19FN4O3S/c1-29-23(15-8-3-5-9-17(15)25)27-28-24(29)33-13-22(30)26-18-12-20-16(11-21(18)31-2)14-7-4-6-10-19(14)32-20/h3-12H,13H2,1-2H3,(H,26,30). The predicted molar refractivity (Wildman–Crippen MR) is 126 cm³/mol. The van der Waals surface area contributed by atoms with Gasteiger partial charge in [0, 0.05) is 23.9 Å². The second kappa shape index (κ2) is 8.59. The topological polar surface area (TPSA) is 82.2 Å². The molecule has 166 valence electrons. The molecule has 9 heteroatoms. The number of ether oxygens (including phenoxy) is 1. The largest absolute Gasteiger partial charge is 0.495 e. The van der Waals surface area contributed by atoms with Gasteiger partial charge in [0.25, 0.3) is 0 Å². The number of fused-ring (bicyclic) bond motifs is 3. The minimum atomic E-state index is -0.379. The summed E-state index contributed by atoms with van der Waals surface area (Å²) in [4.78, 5) is 12.7. The van der Waals surface area contributed by atoms with Crippen molar-refractivity contribution >= 4 is 45.3 Å². The second-order valence-electron chi connectivity index (χ2n) is 7.33. The van der Waals surface area contributed by atoms with Gasteiger partial charge in [-0.1, -0.05) is 42.1 Å². The first kappa shape index (κ1) is 21.0. The van der Waals surface area contributed by atoms with Crippen LogP contribution in [0.15, 0.2) is 70.2 Å². The third kappa shape index (κ3) is 3.91. The normalized spacial score (nSPS) is 11.2. The fourth-order valence-corrected chi connectivity index (χ4v) is 4.36. The fraction of sp³-hybridized carbons (Fsp3) is 0.125. The summed E-state index contributed by atoms with van der Waals surface area (Å²) >= 11 is 1.21. The van der Waals surface area contributed by atoms with Crippen LogP contribution in [-0.4, -0.2) is 33.5 Å². The van der Waals surface area contributed by atoms with Crippen molar-refractivity contribution in [2.75, 3.05) is 18.2 Å². The highest BCUT2D eigenvalue weighted by molar-refractivity contribution is 7.99. The van der Waals surface area contributed by atoms with E-state index in [-0.39, 0.29) is 17.5 Å². The number of carbonyl (C=O) groups is 1. The average Bonchev–Trinajstić information content (AvgIpc) is 3.37. The van der Waals surface area contributed by atoms with Crippen LogP contribution in [0, 0.1) is 5.82 Å². The van der Waals surface area contributed by atoms with Crippen molar-refractivity contribution in [1.82, 2.24) is 14.8 Å². The van der Waals surface area contributed by atoms with E-state index < -0.39 is 0 Å². The number of methoxy groups -OCH3 is 1. The van der Waals surface area contributed by atoms with Crippen LogP contribution >= 0.6 is 11.8 Å². The first-order chi connectivity index (χ1) is 16.0. The van der Waals surface area contributed by atoms with E-state index in [0.29, 0.717) is 33.6 Å². The number of halogens is 1. The Hall–Kier alpha value is -3.85. The van der Waals surface area contributed by atoms with Crippen molar-refractivity contribution in [1.29, 1.82) is 0 Å². The number of anilines is 1. The van der Waals surface area contributed by atoms with Gasteiger partial charge in [-0.05, 0) is 24.3 Å². The highest BCUT2D eigenvalue weighted by atomic mass is 32.2. The van der Waals surface area contributed by atoms with E-state index >= 15 is 0 Å². The molecule has 2 heterocycles. The Kier molecular flexibility index (Phi) is 5.47. The van der Waals surface area contributed by atoms with E-state index in [1.807, 2.05) is 30.3 Å². The lowest BCUT2D eigenvalue weighted by Crippen LogP contribution is -2.15. The number of para-hydroxylation sites is 1. The van der Waals surface area contributed by atoms with Gasteiger partial charge in [0.15, 0.2) is 11.0 Å². The van der Waals surface area contributed by atoms with Crippen molar-refractivity contribution in [2.24, 2.45) is 7.05 Å². The Bertz CT molecular complexity index is 1490. The summed E-state index contributed by atoms with van der Waals surface area (Å²) in [6, 6.07) is 17.7. The van der Waals surface area contributed by atoms with Gasteiger partial charge in [-0.3, -0.25) is 4.79 Å². The van der Waals surface area contributed by atoms with Gasteiger partial charge >= 0.3 is 0 Å². The molecule has 0 fully saturated rings. The van der Waals surface area contributed by atoms with E-state index in [1.54, 1.807) is 43.0 Å². The molecule has 0 unspecified atom stereocenters. The number of aromatic nitrogens is 3. The first-order valence-electron chi connectivity index (χ1n) is 10.1. The quantitative estimate of drug-likeness (QED) is 0.347. The molecule has 1 N–H and O–H groups in total. The van der Waals surface area contributed by atoms with Gasteiger partial charge < -0.3 is 19.0 Å². The Balaban J connectivity index is 1.33. The van der Waals surface area contributed by atoms with Gasteiger partial charge in [0.2, 0.25) is 5.91 Å². The molecule has 5 rings (SSSR count). The highest BCUT2D eigenvalue weighted by Gasteiger charge is 2.17. The Morgan fingerprint density at radius 3 is 2.70 bits per heavy atom. The number of amides is 1.